The van der Waals surface area contributed by atoms with Crippen LogP contribution in [0.15, 0.2) is 48.0 Å². The van der Waals surface area contributed by atoms with Crippen molar-refractivity contribution in [2.45, 2.75) is 13.5 Å². The Bertz CT molecular complexity index is 799. The molecule has 5 nitrogen and oxygen atoms in total. The summed E-state index contributed by atoms with van der Waals surface area (Å²) in [5.74, 6) is 1.19. The van der Waals surface area contributed by atoms with E-state index in [1.165, 1.54) is 0 Å². The lowest BCUT2D eigenvalue weighted by Gasteiger charge is -2.20. The highest BCUT2D eigenvalue weighted by molar-refractivity contribution is 6.08. The van der Waals surface area contributed by atoms with E-state index in [4.69, 9.17) is 9.47 Å². The summed E-state index contributed by atoms with van der Waals surface area (Å²) in [6.07, 6.45) is 1.85. The summed E-state index contributed by atoms with van der Waals surface area (Å²) in [5, 5.41) is 6.27. The lowest BCUT2D eigenvalue weighted by Crippen LogP contribution is -2.22. The van der Waals surface area contributed by atoms with Gasteiger partial charge in [0.15, 0.2) is 11.5 Å². The van der Waals surface area contributed by atoms with Gasteiger partial charge in [0.25, 0.3) is 5.91 Å². The first kappa shape index (κ1) is 17.0. The normalized spacial score (nSPS) is 12.6. The molecule has 0 bridgehead atoms. The number of carbonyl (C=O) groups is 1. The SMILES string of the molecule is CCNCc1ccccc1NC(=O)C1=Cc2cccc(OC)c2OC1. The Labute approximate surface area is 147 Å². The predicted molar refractivity (Wildman–Crippen MR) is 98.9 cm³/mol. The van der Waals surface area contributed by atoms with Crippen LogP contribution in [0.25, 0.3) is 6.08 Å². The fourth-order valence-corrected chi connectivity index (χ4v) is 2.73. The highest BCUT2D eigenvalue weighted by Gasteiger charge is 2.20. The number of carbonyl (C=O) groups excluding carboxylic acids is 1. The summed E-state index contributed by atoms with van der Waals surface area (Å²) in [7, 11) is 1.60. The van der Waals surface area contributed by atoms with E-state index in [1.54, 1.807) is 7.11 Å². The summed E-state index contributed by atoms with van der Waals surface area (Å²) in [5.41, 5.74) is 3.29. The molecule has 0 aliphatic carbocycles. The Morgan fingerprint density at radius 1 is 1.20 bits per heavy atom. The van der Waals surface area contributed by atoms with Gasteiger partial charge in [-0.1, -0.05) is 37.3 Å². The van der Waals surface area contributed by atoms with Crippen LogP contribution in [0.5, 0.6) is 11.5 Å². The molecule has 2 aromatic rings. The molecule has 1 aliphatic rings. The van der Waals surface area contributed by atoms with E-state index < -0.39 is 0 Å². The molecular formula is C20H22N2O3. The van der Waals surface area contributed by atoms with Gasteiger partial charge in [-0.25, -0.2) is 0 Å². The maximum absolute atomic E-state index is 12.6. The number of hydrogen-bond acceptors (Lipinski definition) is 4. The van der Waals surface area contributed by atoms with Crippen molar-refractivity contribution in [3.63, 3.8) is 0 Å². The number of nitrogens with one attached hydrogen (secondary N) is 2. The van der Waals surface area contributed by atoms with E-state index in [9.17, 15) is 4.79 Å². The van der Waals surface area contributed by atoms with E-state index in [-0.39, 0.29) is 12.5 Å². The summed E-state index contributed by atoms with van der Waals surface area (Å²) in [4.78, 5) is 12.6. The Morgan fingerprint density at radius 2 is 2.04 bits per heavy atom. The number of hydrogen-bond donors (Lipinski definition) is 2. The zero-order valence-electron chi connectivity index (χ0n) is 14.5. The molecule has 0 saturated carbocycles. The molecule has 0 atom stereocenters. The Kier molecular flexibility index (Phi) is 5.36. The molecule has 0 unspecified atom stereocenters. The average molecular weight is 338 g/mol. The van der Waals surface area contributed by atoms with E-state index in [0.717, 1.165) is 23.4 Å². The minimum Gasteiger partial charge on any atom is -0.493 e. The molecule has 0 spiro atoms. The average Bonchev–Trinajstić information content (AvgIpc) is 2.66. The lowest BCUT2D eigenvalue weighted by atomic mass is 10.1. The van der Waals surface area contributed by atoms with Crippen molar-refractivity contribution in [2.75, 3.05) is 25.6 Å². The van der Waals surface area contributed by atoms with Crippen LogP contribution in [0, 0.1) is 0 Å². The molecule has 0 fully saturated rings. The number of benzene rings is 2. The quantitative estimate of drug-likeness (QED) is 0.849. The standard InChI is InChI=1S/C20H22N2O3/c1-3-21-12-15-7-4-5-9-17(15)22-20(23)16-11-14-8-6-10-18(24-2)19(14)25-13-16/h4-11,21H,3,12-13H2,1-2H3,(H,22,23). The van der Waals surface area contributed by atoms with Crippen molar-refractivity contribution in [3.8, 4) is 11.5 Å². The monoisotopic (exact) mass is 338 g/mol. The molecule has 1 heterocycles. The van der Waals surface area contributed by atoms with E-state index in [2.05, 4.69) is 17.6 Å². The van der Waals surface area contributed by atoms with Crippen LogP contribution < -0.4 is 20.1 Å². The molecule has 3 rings (SSSR count). The number of para-hydroxylation sites is 2. The van der Waals surface area contributed by atoms with Crippen LogP contribution in [-0.2, 0) is 11.3 Å². The third-order valence-corrected chi connectivity index (χ3v) is 4.05. The van der Waals surface area contributed by atoms with Gasteiger partial charge in [0.05, 0.1) is 12.7 Å². The number of amides is 1. The summed E-state index contributed by atoms with van der Waals surface area (Å²) in [6.45, 7) is 3.86. The van der Waals surface area contributed by atoms with Crippen LogP contribution in [0.3, 0.4) is 0 Å². The minimum absolute atomic E-state index is 0.155. The number of ether oxygens (including phenoxy) is 2. The fraction of sp³-hybridized carbons (Fsp3) is 0.250. The van der Waals surface area contributed by atoms with E-state index in [1.807, 2.05) is 48.5 Å². The molecule has 0 radical (unpaired) electrons. The number of fused-ring (bicyclic) bond motifs is 1. The van der Waals surface area contributed by atoms with Gasteiger partial charge < -0.3 is 20.1 Å². The van der Waals surface area contributed by atoms with Crippen LogP contribution in [-0.4, -0.2) is 26.2 Å². The Hall–Kier alpha value is -2.79. The second-order valence-electron chi connectivity index (χ2n) is 5.73. The van der Waals surface area contributed by atoms with Crippen LogP contribution in [0.4, 0.5) is 5.69 Å². The Morgan fingerprint density at radius 3 is 2.84 bits per heavy atom. The number of methoxy groups -OCH3 is 1. The predicted octanol–water partition coefficient (Wildman–Crippen LogP) is 3.22. The first-order valence-corrected chi connectivity index (χ1v) is 8.33. The lowest BCUT2D eigenvalue weighted by molar-refractivity contribution is -0.113. The van der Waals surface area contributed by atoms with Gasteiger partial charge in [-0.15, -0.1) is 0 Å². The molecule has 1 amide bonds. The van der Waals surface area contributed by atoms with Crippen LogP contribution in [0.1, 0.15) is 18.1 Å². The van der Waals surface area contributed by atoms with Gasteiger partial charge in [0.2, 0.25) is 0 Å². The van der Waals surface area contributed by atoms with Gasteiger partial charge in [-0.2, -0.15) is 0 Å². The third-order valence-electron chi connectivity index (χ3n) is 4.05. The molecule has 5 heteroatoms. The molecule has 0 saturated heterocycles. The molecule has 2 aromatic carbocycles. The van der Waals surface area contributed by atoms with Gasteiger partial charge >= 0.3 is 0 Å². The first-order chi connectivity index (χ1) is 12.2. The molecular weight excluding hydrogens is 316 g/mol. The molecule has 1 aliphatic heterocycles. The van der Waals surface area contributed by atoms with Crippen molar-refractivity contribution in [2.24, 2.45) is 0 Å². The van der Waals surface area contributed by atoms with Gasteiger partial charge in [-0.05, 0) is 30.3 Å². The first-order valence-electron chi connectivity index (χ1n) is 8.33. The maximum Gasteiger partial charge on any atom is 0.255 e. The summed E-state index contributed by atoms with van der Waals surface area (Å²) < 4.78 is 11.0. The van der Waals surface area contributed by atoms with Crippen LogP contribution in [0.2, 0.25) is 0 Å². The molecule has 0 aromatic heterocycles. The molecule has 25 heavy (non-hydrogen) atoms. The number of rotatable bonds is 6. The van der Waals surface area contributed by atoms with Crippen molar-refractivity contribution in [1.82, 2.24) is 5.32 Å². The second-order valence-corrected chi connectivity index (χ2v) is 5.73. The molecule has 130 valence electrons. The summed E-state index contributed by atoms with van der Waals surface area (Å²) >= 11 is 0. The van der Waals surface area contributed by atoms with Crippen LogP contribution >= 0.6 is 0 Å². The van der Waals surface area contributed by atoms with Crippen molar-refractivity contribution in [1.29, 1.82) is 0 Å². The highest BCUT2D eigenvalue weighted by Crippen LogP contribution is 2.35. The minimum atomic E-state index is -0.155. The van der Waals surface area contributed by atoms with Crippen molar-refractivity contribution < 1.29 is 14.3 Å². The Balaban J connectivity index is 1.79. The second kappa shape index (κ2) is 7.85. The fourth-order valence-electron chi connectivity index (χ4n) is 2.73. The maximum atomic E-state index is 12.6. The summed E-state index contributed by atoms with van der Waals surface area (Å²) in [6, 6.07) is 13.4. The molecule has 2 N–H and O–H groups in total. The third kappa shape index (κ3) is 3.83. The largest absolute Gasteiger partial charge is 0.493 e. The van der Waals surface area contributed by atoms with Gasteiger partial charge in [0.1, 0.15) is 6.61 Å². The zero-order chi connectivity index (χ0) is 17.6. The van der Waals surface area contributed by atoms with Crippen molar-refractivity contribution in [3.05, 3.63) is 59.2 Å². The van der Waals surface area contributed by atoms with Gasteiger partial charge in [-0.3, -0.25) is 4.79 Å². The van der Waals surface area contributed by atoms with Gasteiger partial charge in [0, 0.05) is 17.8 Å². The van der Waals surface area contributed by atoms with E-state index >= 15 is 0 Å². The smallest absolute Gasteiger partial charge is 0.255 e. The topological polar surface area (TPSA) is 59.6 Å². The zero-order valence-corrected chi connectivity index (χ0v) is 14.5. The highest BCUT2D eigenvalue weighted by atomic mass is 16.5. The van der Waals surface area contributed by atoms with Crippen molar-refractivity contribution >= 4 is 17.7 Å². The van der Waals surface area contributed by atoms with E-state index in [0.29, 0.717) is 23.6 Å². The number of anilines is 1.